The molecule has 0 aromatic heterocycles. The van der Waals surface area contributed by atoms with E-state index in [0.29, 0.717) is 27.8 Å². The summed E-state index contributed by atoms with van der Waals surface area (Å²) in [5.74, 6) is -0.591. The van der Waals surface area contributed by atoms with Gasteiger partial charge in [-0.15, -0.1) is 0 Å². The van der Waals surface area contributed by atoms with Crippen LogP contribution in [-0.4, -0.2) is 18.1 Å². The first-order chi connectivity index (χ1) is 18.4. The zero-order chi connectivity index (χ0) is 26.7. The van der Waals surface area contributed by atoms with Crippen LogP contribution in [0.2, 0.25) is 0 Å². The number of esters is 1. The predicted molar refractivity (Wildman–Crippen MR) is 163 cm³/mol. The van der Waals surface area contributed by atoms with Gasteiger partial charge in [0.05, 0.1) is 22.2 Å². The first kappa shape index (κ1) is 26.8. The van der Waals surface area contributed by atoms with E-state index in [-0.39, 0.29) is 17.2 Å². The summed E-state index contributed by atoms with van der Waals surface area (Å²) in [7, 11) is 0. The molecule has 4 aromatic rings. The molecule has 0 heterocycles. The van der Waals surface area contributed by atoms with Gasteiger partial charge in [-0.1, -0.05) is 88.7 Å². The first-order valence-corrected chi connectivity index (χ1v) is 14.5. The van der Waals surface area contributed by atoms with Crippen LogP contribution in [0.15, 0.2) is 111 Å². The molecule has 4 aromatic carbocycles. The lowest BCUT2D eigenvalue weighted by Crippen LogP contribution is -2.25. The number of carbonyl (C=O) groups excluding carboxylic acids is 2. The molecule has 0 radical (unpaired) electrons. The highest BCUT2D eigenvalue weighted by Gasteiger charge is 2.60. The Labute approximate surface area is 251 Å². The van der Waals surface area contributed by atoms with Gasteiger partial charge >= 0.3 is 5.97 Å². The molecule has 5 rings (SSSR count). The van der Waals surface area contributed by atoms with Gasteiger partial charge in [-0.25, -0.2) is 10.2 Å². The van der Waals surface area contributed by atoms with Crippen LogP contribution in [0.4, 0.5) is 0 Å². The lowest BCUT2D eigenvalue weighted by molar-refractivity contribution is -0.122. The number of rotatable bonds is 7. The first-order valence-electron chi connectivity index (χ1n) is 11.8. The SMILES string of the molecule is O=C(Oc1c(Br)cc(Br)cc1C=NNC(=O)[C@H]1CC1(c1ccccc1)c1ccccc1)c1ccccc1I. The van der Waals surface area contributed by atoms with Gasteiger partial charge < -0.3 is 4.74 Å². The summed E-state index contributed by atoms with van der Waals surface area (Å²) in [5.41, 5.74) is 5.53. The van der Waals surface area contributed by atoms with Crippen molar-refractivity contribution in [3.8, 4) is 5.75 Å². The maximum atomic E-state index is 13.2. The van der Waals surface area contributed by atoms with E-state index in [1.807, 2.05) is 48.5 Å². The molecule has 1 amide bonds. The van der Waals surface area contributed by atoms with Crippen molar-refractivity contribution < 1.29 is 14.3 Å². The van der Waals surface area contributed by atoms with E-state index < -0.39 is 5.97 Å². The van der Waals surface area contributed by atoms with Gasteiger partial charge in [0.25, 0.3) is 0 Å². The molecule has 8 heteroatoms. The fraction of sp³-hybridized carbons (Fsp3) is 0.100. The monoisotopic (exact) mass is 742 g/mol. The number of halogens is 3. The molecule has 1 atom stereocenters. The number of nitrogens with one attached hydrogen (secondary N) is 1. The van der Waals surface area contributed by atoms with Crippen LogP contribution >= 0.6 is 54.5 Å². The fourth-order valence-corrected chi connectivity index (χ4v) is 6.60. The fourth-order valence-electron chi connectivity index (χ4n) is 4.66. The van der Waals surface area contributed by atoms with Crippen LogP contribution in [0.25, 0.3) is 0 Å². The van der Waals surface area contributed by atoms with Gasteiger partial charge in [0.1, 0.15) is 0 Å². The molecule has 0 spiro atoms. The number of amides is 1. The van der Waals surface area contributed by atoms with Gasteiger partial charge in [0.15, 0.2) is 5.75 Å². The van der Waals surface area contributed by atoms with Crippen LogP contribution in [0.3, 0.4) is 0 Å². The molecule has 1 N–H and O–H groups in total. The van der Waals surface area contributed by atoms with Crippen LogP contribution < -0.4 is 10.2 Å². The molecule has 0 unspecified atom stereocenters. The molecule has 0 saturated heterocycles. The molecule has 0 bridgehead atoms. The summed E-state index contributed by atoms with van der Waals surface area (Å²) in [6.07, 6.45) is 2.18. The average molecular weight is 744 g/mol. The Hall–Kier alpha value is -2.82. The lowest BCUT2D eigenvalue weighted by Gasteiger charge is -2.18. The number of hydrogen-bond acceptors (Lipinski definition) is 4. The topological polar surface area (TPSA) is 67.8 Å². The van der Waals surface area contributed by atoms with E-state index >= 15 is 0 Å². The number of benzene rings is 4. The highest BCUT2D eigenvalue weighted by molar-refractivity contribution is 14.1. The second-order valence-electron chi connectivity index (χ2n) is 8.87. The summed E-state index contributed by atoms with van der Waals surface area (Å²) in [5, 5.41) is 4.24. The minimum Gasteiger partial charge on any atom is -0.421 e. The largest absolute Gasteiger partial charge is 0.421 e. The second kappa shape index (κ2) is 11.5. The van der Waals surface area contributed by atoms with Crippen molar-refractivity contribution in [2.24, 2.45) is 11.0 Å². The lowest BCUT2D eigenvalue weighted by atomic mass is 9.85. The Morgan fingerprint density at radius 2 is 1.53 bits per heavy atom. The Morgan fingerprint density at radius 3 is 2.16 bits per heavy atom. The summed E-state index contributed by atoms with van der Waals surface area (Å²) >= 11 is 9.05. The highest BCUT2D eigenvalue weighted by atomic mass is 127. The molecule has 190 valence electrons. The molecule has 5 nitrogen and oxygen atoms in total. The zero-order valence-electron chi connectivity index (χ0n) is 19.9. The number of carbonyl (C=O) groups is 2. The quantitative estimate of drug-likeness (QED) is 0.0702. The normalized spacial score (nSPS) is 15.7. The number of hydrazone groups is 1. The Balaban J connectivity index is 1.36. The van der Waals surface area contributed by atoms with Crippen molar-refractivity contribution in [3.63, 3.8) is 0 Å². The molecule has 0 aliphatic heterocycles. The van der Waals surface area contributed by atoms with Crippen molar-refractivity contribution in [1.82, 2.24) is 5.43 Å². The van der Waals surface area contributed by atoms with Gasteiger partial charge in [0.2, 0.25) is 5.91 Å². The van der Waals surface area contributed by atoms with Crippen LogP contribution in [-0.2, 0) is 10.2 Å². The predicted octanol–water partition coefficient (Wildman–Crippen LogP) is 7.49. The van der Waals surface area contributed by atoms with E-state index in [1.165, 1.54) is 6.21 Å². The van der Waals surface area contributed by atoms with Gasteiger partial charge in [-0.3, -0.25) is 4.79 Å². The highest BCUT2D eigenvalue weighted by Crippen LogP contribution is 2.58. The maximum absolute atomic E-state index is 13.2. The van der Waals surface area contributed by atoms with Gasteiger partial charge in [-0.2, -0.15) is 5.10 Å². The number of hydrogen-bond donors (Lipinski definition) is 1. The maximum Gasteiger partial charge on any atom is 0.344 e. The van der Waals surface area contributed by atoms with Gasteiger partial charge in [-0.05, 0) is 80.3 Å². The van der Waals surface area contributed by atoms with Crippen LogP contribution in [0.1, 0.15) is 33.5 Å². The Kier molecular flexibility index (Phi) is 8.11. The summed E-state index contributed by atoms with van der Waals surface area (Å²) in [4.78, 5) is 26.1. The third kappa shape index (κ3) is 5.48. The van der Waals surface area contributed by atoms with E-state index in [2.05, 4.69) is 89.2 Å². The van der Waals surface area contributed by atoms with E-state index in [9.17, 15) is 9.59 Å². The number of nitrogens with zero attached hydrogens (tertiary/aromatic N) is 1. The zero-order valence-corrected chi connectivity index (χ0v) is 25.2. The molecule has 38 heavy (non-hydrogen) atoms. The van der Waals surface area contributed by atoms with E-state index in [1.54, 1.807) is 24.3 Å². The van der Waals surface area contributed by atoms with Crippen molar-refractivity contribution in [2.45, 2.75) is 11.8 Å². The van der Waals surface area contributed by atoms with Crippen molar-refractivity contribution in [2.75, 3.05) is 0 Å². The molecule has 1 aliphatic rings. The van der Waals surface area contributed by atoms with Crippen LogP contribution in [0.5, 0.6) is 5.75 Å². The number of ether oxygens (including phenoxy) is 1. The summed E-state index contributed by atoms with van der Waals surface area (Å²) in [6.45, 7) is 0. The second-order valence-corrected chi connectivity index (χ2v) is 11.8. The molecular weight excluding hydrogens is 723 g/mol. The smallest absolute Gasteiger partial charge is 0.344 e. The third-order valence-electron chi connectivity index (χ3n) is 6.56. The standard InChI is InChI=1S/C30H21Br2IN2O3/c31-22-15-19(27(25(32)16-22)38-29(37)23-13-7-8-14-26(23)33)18-34-35-28(36)24-17-30(24,20-9-3-1-4-10-20)21-11-5-2-6-12-21/h1-16,18,24H,17H2,(H,35,36)/t24-/m1/s1. The van der Waals surface area contributed by atoms with Crippen LogP contribution in [0, 0.1) is 9.49 Å². The molecule has 1 aliphatic carbocycles. The molecule has 1 saturated carbocycles. The van der Waals surface area contributed by atoms with Gasteiger partial charge in [0, 0.05) is 19.0 Å². The van der Waals surface area contributed by atoms with Crippen molar-refractivity contribution in [3.05, 3.63) is 132 Å². The van der Waals surface area contributed by atoms with Crippen molar-refractivity contribution in [1.29, 1.82) is 0 Å². The Morgan fingerprint density at radius 1 is 0.921 bits per heavy atom. The van der Waals surface area contributed by atoms with Crippen molar-refractivity contribution >= 4 is 72.5 Å². The third-order valence-corrected chi connectivity index (χ3v) is 8.55. The average Bonchev–Trinajstić information content (AvgIpc) is 3.69. The summed E-state index contributed by atoms with van der Waals surface area (Å²) in [6, 6.07) is 31.0. The minimum absolute atomic E-state index is 0.166. The molecular formula is C30H21Br2IN2O3. The minimum atomic E-state index is -0.481. The Bertz CT molecular complexity index is 1490. The van der Waals surface area contributed by atoms with E-state index in [4.69, 9.17) is 4.74 Å². The summed E-state index contributed by atoms with van der Waals surface area (Å²) < 4.78 is 7.88. The van der Waals surface area contributed by atoms with E-state index in [0.717, 1.165) is 19.2 Å². The molecule has 1 fully saturated rings.